The lowest BCUT2D eigenvalue weighted by Crippen LogP contribution is -2.35. The molecule has 1 aromatic heterocycles. The normalized spacial score (nSPS) is 13.2. The van der Waals surface area contributed by atoms with Gasteiger partial charge in [0.25, 0.3) is 5.91 Å². The fourth-order valence-corrected chi connectivity index (χ4v) is 1.94. The topological polar surface area (TPSA) is 66.9 Å². The van der Waals surface area contributed by atoms with Crippen molar-refractivity contribution in [3.8, 4) is 0 Å². The molecule has 18 heavy (non-hydrogen) atoms. The fourth-order valence-electron chi connectivity index (χ4n) is 1.22. The summed E-state index contributed by atoms with van der Waals surface area (Å²) < 4.78 is 36.2. The Labute approximate surface area is 106 Å². The van der Waals surface area contributed by atoms with Gasteiger partial charge in [0, 0.05) is 12.6 Å². The molecule has 0 fully saturated rings. The molecule has 0 aromatic carbocycles. The van der Waals surface area contributed by atoms with Crippen molar-refractivity contribution in [3.63, 3.8) is 0 Å². The lowest BCUT2D eigenvalue weighted by molar-refractivity contribution is -0.138. The highest BCUT2D eigenvalue weighted by molar-refractivity contribution is 7.17. The molecule has 0 bridgehead atoms. The van der Waals surface area contributed by atoms with Gasteiger partial charge in [-0.3, -0.25) is 4.79 Å². The first-order chi connectivity index (χ1) is 8.31. The highest BCUT2D eigenvalue weighted by Crippen LogP contribution is 2.21. The van der Waals surface area contributed by atoms with Crippen LogP contribution in [-0.4, -0.2) is 34.9 Å². The summed E-state index contributed by atoms with van der Waals surface area (Å²) in [5, 5.41) is 12.9. The second kappa shape index (κ2) is 5.98. The molecule has 0 saturated carbocycles. The minimum absolute atomic E-state index is 0.0416. The molecule has 0 aliphatic heterocycles. The summed E-state index contributed by atoms with van der Waals surface area (Å²) in [4.78, 5) is 11.6. The van der Waals surface area contributed by atoms with Gasteiger partial charge in [0.2, 0.25) is 10.1 Å². The summed E-state index contributed by atoms with van der Waals surface area (Å²) in [5.74, 6) is -0.645. The number of nitrogens with zero attached hydrogens (tertiary/aromatic N) is 2. The predicted octanol–water partition coefficient (Wildman–Crippen LogP) is 2.04. The van der Waals surface area contributed by atoms with E-state index in [1.165, 1.54) is 6.92 Å². The summed E-state index contributed by atoms with van der Waals surface area (Å²) in [7, 11) is 0. The first kappa shape index (κ1) is 14.7. The van der Waals surface area contributed by atoms with E-state index in [1.54, 1.807) is 0 Å². The zero-order valence-corrected chi connectivity index (χ0v) is 10.7. The Bertz CT molecular complexity index is 407. The number of alkyl halides is 3. The lowest BCUT2D eigenvalue weighted by Gasteiger charge is -2.14. The van der Waals surface area contributed by atoms with E-state index < -0.39 is 24.5 Å². The quantitative estimate of drug-likeness (QED) is 0.867. The van der Waals surface area contributed by atoms with E-state index >= 15 is 0 Å². The van der Waals surface area contributed by atoms with Gasteiger partial charge >= 0.3 is 6.18 Å². The van der Waals surface area contributed by atoms with Crippen LogP contribution < -0.4 is 10.6 Å². The van der Waals surface area contributed by atoms with Crippen LogP contribution in [0.15, 0.2) is 0 Å². The number of nitrogens with one attached hydrogen (secondary N) is 2. The smallest absolute Gasteiger partial charge is 0.360 e. The summed E-state index contributed by atoms with van der Waals surface area (Å²) in [5.41, 5.74) is 0. The highest BCUT2D eigenvalue weighted by Gasteiger charge is 2.31. The molecule has 1 aromatic rings. The molecule has 1 heterocycles. The SMILES string of the molecule is CCNc1nnc(C(=O)NC(C)CC(F)(F)F)s1. The molecule has 1 unspecified atom stereocenters. The molecule has 5 nitrogen and oxygen atoms in total. The van der Waals surface area contributed by atoms with Crippen LogP contribution >= 0.6 is 11.3 Å². The third-order valence-electron chi connectivity index (χ3n) is 1.86. The van der Waals surface area contributed by atoms with Gasteiger partial charge in [-0.15, -0.1) is 10.2 Å². The number of carbonyl (C=O) groups is 1. The van der Waals surface area contributed by atoms with Crippen molar-refractivity contribution in [2.75, 3.05) is 11.9 Å². The Morgan fingerprint density at radius 2 is 2.11 bits per heavy atom. The molecule has 0 spiro atoms. The molecular weight excluding hydrogens is 269 g/mol. The Balaban J connectivity index is 2.53. The largest absolute Gasteiger partial charge is 0.391 e. The summed E-state index contributed by atoms with van der Waals surface area (Å²) >= 11 is 0.999. The van der Waals surface area contributed by atoms with Crippen molar-refractivity contribution >= 4 is 22.4 Å². The molecule has 0 radical (unpaired) electrons. The number of amides is 1. The van der Waals surface area contributed by atoms with Crippen molar-refractivity contribution in [2.24, 2.45) is 0 Å². The van der Waals surface area contributed by atoms with Gasteiger partial charge < -0.3 is 10.6 Å². The zero-order chi connectivity index (χ0) is 13.8. The van der Waals surface area contributed by atoms with Gasteiger partial charge in [0.1, 0.15) is 0 Å². The third kappa shape index (κ3) is 4.86. The second-order valence-corrected chi connectivity index (χ2v) is 4.61. The van der Waals surface area contributed by atoms with Gasteiger partial charge in [-0.1, -0.05) is 11.3 Å². The van der Waals surface area contributed by atoms with Crippen molar-refractivity contribution in [1.82, 2.24) is 15.5 Å². The molecular formula is C9H13F3N4OS. The van der Waals surface area contributed by atoms with Gasteiger partial charge in [-0.05, 0) is 13.8 Å². The average Bonchev–Trinajstić information content (AvgIpc) is 2.63. The molecule has 1 amide bonds. The molecule has 102 valence electrons. The van der Waals surface area contributed by atoms with Gasteiger partial charge in [0.15, 0.2) is 0 Å². The number of rotatable bonds is 5. The second-order valence-electron chi connectivity index (χ2n) is 3.64. The van der Waals surface area contributed by atoms with Crippen LogP contribution in [0.3, 0.4) is 0 Å². The van der Waals surface area contributed by atoms with Crippen molar-refractivity contribution in [1.29, 1.82) is 0 Å². The number of anilines is 1. The number of halogens is 3. The minimum Gasteiger partial charge on any atom is -0.360 e. The van der Waals surface area contributed by atoms with Gasteiger partial charge in [-0.2, -0.15) is 13.2 Å². The van der Waals surface area contributed by atoms with Crippen LogP contribution in [0.5, 0.6) is 0 Å². The van der Waals surface area contributed by atoms with Crippen LogP contribution in [0.25, 0.3) is 0 Å². The molecule has 0 saturated heterocycles. The maximum absolute atomic E-state index is 12.1. The van der Waals surface area contributed by atoms with Crippen LogP contribution in [0.2, 0.25) is 0 Å². The predicted molar refractivity (Wildman–Crippen MR) is 61.7 cm³/mol. The molecule has 1 rings (SSSR count). The number of carbonyl (C=O) groups excluding carboxylic acids is 1. The van der Waals surface area contributed by atoms with Gasteiger partial charge in [-0.25, -0.2) is 0 Å². The molecule has 0 aliphatic carbocycles. The van der Waals surface area contributed by atoms with E-state index in [9.17, 15) is 18.0 Å². The Morgan fingerprint density at radius 3 is 2.67 bits per heavy atom. The van der Waals surface area contributed by atoms with E-state index in [4.69, 9.17) is 0 Å². The zero-order valence-electron chi connectivity index (χ0n) is 9.84. The maximum Gasteiger partial charge on any atom is 0.391 e. The number of hydrogen-bond donors (Lipinski definition) is 2. The molecule has 0 aliphatic rings. The van der Waals surface area contributed by atoms with E-state index in [0.29, 0.717) is 11.7 Å². The average molecular weight is 282 g/mol. The molecule has 1 atom stereocenters. The Morgan fingerprint density at radius 1 is 1.44 bits per heavy atom. The van der Waals surface area contributed by atoms with Crippen LogP contribution in [0, 0.1) is 0 Å². The lowest BCUT2D eigenvalue weighted by atomic mass is 10.2. The molecule has 2 N–H and O–H groups in total. The van der Waals surface area contributed by atoms with E-state index in [0.717, 1.165) is 11.3 Å². The summed E-state index contributed by atoms with van der Waals surface area (Å²) in [6.07, 6.45) is -5.37. The first-order valence-electron chi connectivity index (χ1n) is 5.27. The van der Waals surface area contributed by atoms with Crippen LogP contribution in [0.4, 0.5) is 18.3 Å². The minimum atomic E-state index is -4.30. The number of hydrogen-bond acceptors (Lipinski definition) is 5. The van der Waals surface area contributed by atoms with Gasteiger partial charge in [0.05, 0.1) is 6.42 Å². The fraction of sp³-hybridized carbons (Fsp3) is 0.667. The highest BCUT2D eigenvalue weighted by atomic mass is 32.1. The van der Waals surface area contributed by atoms with E-state index in [2.05, 4.69) is 20.8 Å². The number of aromatic nitrogens is 2. The van der Waals surface area contributed by atoms with E-state index in [-0.39, 0.29) is 5.01 Å². The van der Waals surface area contributed by atoms with E-state index in [1.807, 2.05) is 6.92 Å². The summed E-state index contributed by atoms with van der Waals surface area (Å²) in [6.45, 7) is 3.77. The summed E-state index contributed by atoms with van der Waals surface area (Å²) in [6, 6.07) is -0.996. The van der Waals surface area contributed by atoms with Crippen LogP contribution in [-0.2, 0) is 0 Å². The Kier molecular flexibility index (Phi) is 4.88. The third-order valence-corrected chi connectivity index (χ3v) is 2.74. The monoisotopic (exact) mass is 282 g/mol. The maximum atomic E-state index is 12.1. The standard InChI is InChI=1S/C9H13F3N4OS/c1-3-13-8-16-15-7(18-8)6(17)14-5(2)4-9(10,11)12/h5H,3-4H2,1-2H3,(H,13,16)(H,14,17). The van der Waals surface area contributed by atoms with Crippen molar-refractivity contribution in [2.45, 2.75) is 32.5 Å². The van der Waals surface area contributed by atoms with Crippen molar-refractivity contribution < 1.29 is 18.0 Å². The van der Waals surface area contributed by atoms with Crippen molar-refractivity contribution in [3.05, 3.63) is 5.01 Å². The Hall–Kier alpha value is -1.38. The van der Waals surface area contributed by atoms with Crippen LogP contribution in [0.1, 0.15) is 30.1 Å². The molecule has 9 heteroatoms. The first-order valence-corrected chi connectivity index (χ1v) is 6.08.